The molecule has 2 N–H and O–H groups in total. The summed E-state index contributed by atoms with van der Waals surface area (Å²) in [6, 6.07) is 0.755. The third-order valence-corrected chi connectivity index (χ3v) is 3.57. The molecule has 4 nitrogen and oxygen atoms in total. The molecular weight excluding hydrogens is 202 g/mol. The monoisotopic (exact) mass is 221 g/mol. The quantitative estimate of drug-likeness (QED) is 0.801. The van der Waals surface area contributed by atoms with Gasteiger partial charge in [-0.3, -0.25) is 0 Å². The predicted octanol–water partition coefficient (Wildman–Crippen LogP) is 1.91. The summed E-state index contributed by atoms with van der Waals surface area (Å²) in [6.07, 6.45) is 7.95. The maximum Gasteiger partial charge on any atom is 0.211 e. The molecule has 0 aromatic carbocycles. The second-order valence-corrected chi connectivity index (χ2v) is 4.76. The molecule has 3 heterocycles. The molecule has 2 atom stereocenters. The molecular formula is C12H19N3O. The van der Waals surface area contributed by atoms with Crippen LogP contribution < -0.4 is 10.6 Å². The lowest BCUT2D eigenvalue weighted by molar-refractivity contribution is 0.338. The summed E-state index contributed by atoms with van der Waals surface area (Å²) in [4.78, 5) is 4.62. The molecule has 0 saturated carbocycles. The van der Waals surface area contributed by atoms with E-state index in [1.165, 1.54) is 25.7 Å². The van der Waals surface area contributed by atoms with Gasteiger partial charge in [0.2, 0.25) is 5.89 Å². The molecule has 0 aliphatic carbocycles. The van der Waals surface area contributed by atoms with Crippen LogP contribution in [0.3, 0.4) is 0 Å². The molecule has 2 aliphatic rings. The summed E-state index contributed by atoms with van der Waals surface area (Å²) in [6.45, 7) is 2.19. The first-order valence-corrected chi connectivity index (χ1v) is 6.35. The Morgan fingerprint density at radius 1 is 1.06 bits per heavy atom. The van der Waals surface area contributed by atoms with Crippen LogP contribution >= 0.6 is 0 Å². The number of nitrogens with one attached hydrogen (secondary N) is 2. The number of piperidine rings is 1. The first-order chi connectivity index (χ1) is 7.93. The number of hydrogen-bond donors (Lipinski definition) is 2. The Balaban J connectivity index is 1.71. The average molecular weight is 221 g/mol. The lowest BCUT2D eigenvalue weighted by Gasteiger charge is -2.20. The van der Waals surface area contributed by atoms with Crippen molar-refractivity contribution in [2.24, 2.45) is 0 Å². The van der Waals surface area contributed by atoms with Crippen LogP contribution in [0.4, 0.5) is 0 Å². The Labute approximate surface area is 95.8 Å². The summed E-state index contributed by atoms with van der Waals surface area (Å²) in [7, 11) is 0. The number of nitrogens with zero attached hydrogens (tertiary/aromatic N) is 1. The van der Waals surface area contributed by atoms with Gasteiger partial charge in [-0.25, -0.2) is 4.98 Å². The maximum absolute atomic E-state index is 5.60. The van der Waals surface area contributed by atoms with Gasteiger partial charge in [0.15, 0.2) is 0 Å². The predicted molar refractivity (Wildman–Crippen MR) is 61.1 cm³/mol. The number of oxazole rings is 1. The molecule has 16 heavy (non-hydrogen) atoms. The lowest BCUT2D eigenvalue weighted by Crippen LogP contribution is -2.27. The molecule has 0 bridgehead atoms. The van der Waals surface area contributed by atoms with E-state index in [9.17, 15) is 0 Å². The molecule has 2 fully saturated rings. The van der Waals surface area contributed by atoms with Gasteiger partial charge in [-0.15, -0.1) is 0 Å². The molecule has 0 amide bonds. The van der Waals surface area contributed by atoms with Crippen molar-refractivity contribution in [1.82, 2.24) is 15.6 Å². The van der Waals surface area contributed by atoms with E-state index in [2.05, 4.69) is 15.6 Å². The highest BCUT2D eigenvalue weighted by Gasteiger charge is 2.23. The summed E-state index contributed by atoms with van der Waals surface area (Å²) >= 11 is 0. The molecule has 4 heteroatoms. The van der Waals surface area contributed by atoms with Crippen molar-refractivity contribution < 1.29 is 4.42 Å². The van der Waals surface area contributed by atoms with Crippen LogP contribution in [0.15, 0.2) is 10.7 Å². The van der Waals surface area contributed by atoms with Crippen molar-refractivity contribution in [2.45, 2.75) is 44.2 Å². The van der Waals surface area contributed by atoms with Crippen molar-refractivity contribution in [3.8, 4) is 0 Å². The summed E-state index contributed by atoms with van der Waals surface area (Å²) in [5.74, 6) is 0.878. The third kappa shape index (κ3) is 1.99. The maximum atomic E-state index is 5.60. The van der Waals surface area contributed by atoms with E-state index in [0.29, 0.717) is 12.1 Å². The largest absolute Gasteiger partial charge is 0.447 e. The molecule has 88 valence electrons. The molecule has 2 unspecified atom stereocenters. The van der Waals surface area contributed by atoms with E-state index in [-0.39, 0.29) is 0 Å². The molecule has 1 aromatic heterocycles. The third-order valence-electron chi connectivity index (χ3n) is 3.57. The minimum atomic E-state index is 0.337. The lowest BCUT2D eigenvalue weighted by atomic mass is 10.1. The van der Waals surface area contributed by atoms with E-state index in [0.717, 1.165) is 31.1 Å². The smallest absolute Gasteiger partial charge is 0.211 e. The van der Waals surface area contributed by atoms with Crippen molar-refractivity contribution >= 4 is 0 Å². The van der Waals surface area contributed by atoms with Crippen LogP contribution in [-0.4, -0.2) is 18.1 Å². The number of hydrogen-bond acceptors (Lipinski definition) is 4. The minimum Gasteiger partial charge on any atom is -0.447 e. The molecule has 0 radical (unpaired) electrons. The second kappa shape index (κ2) is 4.55. The van der Waals surface area contributed by atoms with E-state index in [1.807, 2.05) is 6.26 Å². The van der Waals surface area contributed by atoms with Gasteiger partial charge in [-0.1, -0.05) is 6.42 Å². The van der Waals surface area contributed by atoms with Crippen LogP contribution in [0.5, 0.6) is 0 Å². The minimum absolute atomic E-state index is 0.337. The van der Waals surface area contributed by atoms with Crippen LogP contribution in [-0.2, 0) is 0 Å². The highest BCUT2D eigenvalue weighted by Crippen LogP contribution is 2.26. The summed E-state index contributed by atoms with van der Waals surface area (Å²) < 4.78 is 5.60. The average Bonchev–Trinajstić information content (AvgIpc) is 3.01. The van der Waals surface area contributed by atoms with Gasteiger partial charge >= 0.3 is 0 Å². The van der Waals surface area contributed by atoms with E-state index >= 15 is 0 Å². The van der Waals surface area contributed by atoms with Gasteiger partial charge in [0.25, 0.3) is 0 Å². The fraction of sp³-hybridized carbons (Fsp3) is 0.750. The highest BCUT2D eigenvalue weighted by molar-refractivity contribution is 5.07. The SMILES string of the molecule is c1oc(C2CCCCN2)nc1C1CCCN1. The van der Waals surface area contributed by atoms with Gasteiger partial charge in [-0.05, 0) is 38.8 Å². The van der Waals surface area contributed by atoms with Gasteiger partial charge < -0.3 is 15.1 Å². The second-order valence-electron chi connectivity index (χ2n) is 4.76. The Kier molecular flexibility index (Phi) is 2.93. The Morgan fingerprint density at radius 2 is 1.88 bits per heavy atom. The topological polar surface area (TPSA) is 50.1 Å². The Hall–Kier alpha value is -0.870. The van der Waals surface area contributed by atoms with Crippen LogP contribution in [0.25, 0.3) is 0 Å². The van der Waals surface area contributed by atoms with Gasteiger partial charge in [-0.2, -0.15) is 0 Å². The van der Waals surface area contributed by atoms with Crippen LogP contribution in [0, 0.1) is 0 Å². The van der Waals surface area contributed by atoms with Crippen molar-refractivity contribution in [1.29, 1.82) is 0 Å². The fourth-order valence-corrected chi connectivity index (χ4v) is 2.62. The summed E-state index contributed by atoms with van der Waals surface area (Å²) in [5, 5.41) is 6.91. The molecule has 2 aliphatic heterocycles. The van der Waals surface area contributed by atoms with Gasteiger partial charge in [0.1, 0.15) is 6.26 Å². The van der Waals surface area contributed by atoms with Crippen molar-refractivity contribution in [3.05, 3.63) is 17.8 Å². The van der Waals surface area contributed by atoms with Crippen LogP contribution in [0.1, 0.15) is 55.8 Å². The number of aromatic nitrogens is 1. The summed E-state index contributed by atoms with van der Waals surface area (Å²) in [5.41, 5.74) is 1.08. The zero-order valence-corrected chi connectivity index (χ0v) is 9.54. The first-order valence-electron chi connectivity index (χ1n) is 6.35. The van der Waals surface area contributed by atoms with E-state index in [4.69, 9.17) is 4.42 Å². The molecule has 2 saturated heterocycles. The molecule has 1 aromatic rings. The standard InChI is InChI=1S/C12H19N3O/c1-2-6-14-10(4-1)12-15-11(8-16-12)9-5-3-7-13-9/h8-10,13-14H,1-7H2. The Morgan fingerprint density at radius 3 is 2.62 bits per heavy atom. The van der Waals surface area contributed by atoms with Crippen molar-refractivity contribution in [2.75, 3.05) is 13.1 Å². The van der Waals surface area contributed by atoms with E-state index in [1.54, 1.807) is 0 Å². The zero-order chi connectivity index (χ0) is 10.8. The Bertz CT molecular complexity index is 338. The first kappa shape index (κ1) is 10.3. The molecule has 3 rings (SSSR count). The number of rotatable bonds is 2. The van der Waals surface area contributed by atoms with Crippen LogP contribution in [0.2, 0.25) is 0 Å². The van der Waals surface area contributed by atoms with E-state index < -0.39 is 0 Å². The molecule has 0 spiro atoms. The highest BCUT2D eigenvalue weighted by atomic mass is 16.3. The van der Waals surface area contributed by atoms with Gasteiger partial charge in [0.05, 0.1) is 17.8 Å². The zero-order valence-electron chi connectivity index (χ0n) is 9.54. The van der Waals surface area contributed by atoms with Gasteiger partial charge in [0, 0.05) is 0 Å². The van der Waals surface area contributed by atoms with Crippen molar-refractivity contribution in [3.63, 3.8) is 0 Å². The fourth-order valence-electron chi connectivity index (χ4n) is 2.62. The normalized spacial score (nSPS) is 30.8.